The van der Waals surface area contributed by atoms with Gasteiger partial charge in [-0.2, -0.15) is 0 Å². The highest BCUT2D eigenvalue weighted by Gasteiger charge is 2.42. The maximum Gasteiger partial charge on any atom is 0.410 e. The van der Waals surface area contributed by atoms with Gasteiger partial charge in [0.1, 0.15) is 5.60 Å². The molecule has 2 aromatic rings. The van der Waals surface area contributed by atoms with Crippen molar-refractivity contribution in [3.63, 3.8) is 0 Å². The van der Waals surface area contributed by atoms with Gasteiger partial charge in [-0.05, 0) is 44.0 Å². The molecule has 0 bridgehead atoms. The molecule has 2 fully saturated rings. The lowest BCUT2D eigenvalue weighted by Gasteiger charge is -2.26. The molecule has 0 N–H and O–H groups in total. The van der Waals surface area contributed by atoms with Crippen LogP contribution >= 0.6 is 0 Å². The Morgan fingerprint density at radius 2 is 1.41 bits per heavy atom. The number of benzene rings is 2. The van der Waals surface area contributed by atoms with Crippen LogP contribution in [-0.2, 0) is 4.74 Å². The fraction of sp³-hybridized carbons (Fsp3) is 0.435. The minimum absolute atomic E-state index is 0.171. The monoisotopic (exact) mass is 364 g/mol. The van der Waals surface area contributed by atoms with E-state index in [-0.39, 0.29) is 6.09 Å². The zero-order valence-corrected chi connectivity index (χ0v) is 16.4. The molecule has 4 nitrogen and oxygen atoms in total. The van der Waals surface area contributed by atoms with Crippen LogP contribution in [0.1, 0.15) is 20.8 Å². The number of fused-ring (bicyclic) bond motifs is 1. The van der Waals surface area contributed by atoms with E-state index >= 15 is 0 Å². The molecule has 0 aromatic heterocycles. The summed E-state index contributed by atoms with van der Waals surface area (Å²) in [5.74, 6) is 1.07. The molecule has 2 aliphatic heterocycles. The first-order chi connectivity index (χ1) is 12.9. The highest BCUT2D eigenvalue weighted by molar-refractivity contribution is 5.69. The molecule has 4 heteroatoms. The summed E-state index contributed by atoms with van der Waals surface area (Å²) in [6.07, 6.45) is -0.171. The largest absolute Gasteiger partial charge is 0.444 e. The number of carbonyl (C=O) groups is 1. The zero-order chi connectivity index (χ0) is 19.0. The predicted octanol–water partition coefficient (Wildman–Crippen LogP) is 4.66. The molecule has 2 aromatic carbocycles. The number of likely N-dealkylation sites (tertiary alicyclic amines) is 1. The van der Waals surface area contributed by atoms with Gasteiger partial charge in [-0.15, -0.1) is 0 Å². The van der Waals surface area contributed by atoms with Gasteiger partial charge in [-0.3, -0.25) is 0 Å². The fourth-order valence-electron chi connectivity index (χ4n) is 4.17. The highest BCUT2D eigenvalue weighted by atomic mass is 16.6. The number of nitrogens with zero attached hydrogens (tertiary/aromatic N) is 2. The van der Waals surface area contributed by atoms with Gasteiger partial charge in [0.25, 0.3) is 0 Å². The third-order valence-corrected chi connectivity index (χ3v) is 5.48. The van der Waals surface area contributed by atoms with Crippen molar-refractivity contribution in [2.24, 2.45) is 11.8 Å². The highest BCUT2D eigenvalue weighted by Crippen LogP contribution is 2.35. The number of anilines is 1. The maximum absolute atomic E-state index is 12.3. The molecular weight excluding hydrogens is 336 g/mol. The second-order valence-electron chi connectivity index (χ2n) is 8.72. The fourth-order valence-corrected chi connectivity index (χ4v) is 4.17. The Bertz CT molecular complexity index is 781. The zero-order valence-electron chi connectivity index (χ0n) is 16.4. The molecule has 2 saturated heterocycles. The Labute approximate surface area is 161 Å². The minimum Gasteiger partial charge on any atom is -0.444 e. The smallest absolute Gasteiger partial charge is 0.410 e. The van der Waals surface area contributed by atoms with E-state index in [0.717, 1.165) is 26.2 Å². The second-order valence-corrected chi connectivity index (χ2v) is 8.72. The van der Waals surface area contributed by atoms with Gasteiger partial charge in [-0.25, -0.2) is 4.79 Å². The average Bonchev–Trinajstić information content (AvgIpc) is 3.20. The molecule has 2 heterocycles. The summed E-state index contributed by atoms with van der Waals surface area (Å²) in [5, 5.41) is 0. The summed E-state index contributed by atoms with van der Waals surface area (Å²) in [6.45, 7) is 9.38. The number of hydrogen-bond acceptors (Lipinski definition) is 3. The molecule has 0 radical (unpaired) electrons. The second kappa shape index (κ2) is 6.91. The lowest BCUT2D eigenvalue weighted by molar-refractivity contribution is 0.0282. The van der Waals surface area contributed by atoms with E-state index in [1.54, 1.807) is 0 Å². The van der Waals surface area contributed by atoms with Crippen LogP contribution in [0.15, 0.2) is 54.6 Å². The number of ether oxygens (including phenoxy) is 1. The molecule has 142 valence electrons. The molecular formula is C23H28N2O2. The van der Waals surface area contributed by atoms with Crippen LogP contribution < -0.4 is 4.90 Å². The van der Waals surface area contributed by atoms with E-state index < -0.39 is 5.60 Å². The molecule has 1 amide bonds. The quantitative estimate of drug-likeness (QED) is 0.777. The van der Waals surface area contributed by atoms with E-state index in [4.69, 9.17) is 4.74 Å². The van der Waals surface area contributed by atoms with Crippen LogP contribution in [0.4, 0.5) is 10.5 Å². The normalized spacial score (nSPS) is 22.0. The summed E-state index contributed by atoms with van der Waals surface area (Å²) in [6, 6.07) is 19.3. The van der Waals surface area contributed by atoms with Crippen LogP contribution in [-0.4, -0.2) is 42.8 Å². The van der Waals surface area contributed by atoms with Crippen molar-refractivity contribution >= 4 is 11.8 Å². The van der Waals surface area contributed by atoms with Gasteiger partial charge in [0.05, 0.1) is 0 Å². The van der Waals surface area contributed by atoms with Crippen molar-refractivity contribution < 1.29 is 9.53 Å². The van der Waals surface area contributed by atoms with Gasteiger partial charge >= 0.3 is 6.09 Å². The van der Waals surface area contributed by atoms with E-state index in [2.05, 4.69) is 53.4 Å². The minimum atomic E-state index is -0.429. The van der Waals surface area contributed by atoms with Crippen LogP contribution in [0, 0.1) is 11.8 Å². The van der Waals surface area contributed by atoms with Gasteiger partial charge < -0.3 is 14.5 Å². The summed E-state index contributed by atoms with van der Waals surface area (Å²) in [4.78, 5) is 16.6. The molecule has 2 aliphatic rings. The lowest BCUT2D eigenvalue weighted by atomic mass is 10.0. The van der Waals surface area contributed by atoms with E-state index in [9.17, 15) is 4.79 Å². The average molecular weight is 364 g/mol. The first-order valence-corrected chi connectivity index (χ1v) is 9.77. The molecule has 0 aliphatic carbocycles. The summed E-state index contributed by atoms with van der Waals surface area (Å²) < 4.78 is 5.53. The van der Waals surface area contributed by atoms with Crippen LogP contribution in [0.5, 0.6) is 0 Å². The Kier molecular flexibility index (Phi) is 4.58. The Morgan fingerprint density at radius 3 is 1.96 bits per heavy atom. The van der Waals surface area contributed by atoms with Crippen molar-refractivity contribution in [2.45, 2.75) is 26.4 Å². The standard InChI is InChI=1S/C23H28N2O2/c1-23(2,3)27-22(26)25-15-19-13-24(14-20(19)16-25)21-11-9-18(10-12-21)17-7-5-4-6-8-17/h4-12,19-20H,13-16H2,1-3H3/t19-,20+. The van der Waals surface area contributed by atoms with Gasteiger partial charge in [0.2, 0.25) is 0 Å². The molecule has 0 saturated carbocycles. The van der Waals surface area contributed by atoms with E-state index in [1.807, 2.05) is 31.7 Å². The first kappa shape index (κ1) is 17.9. The van der Waals surface area contributed by atoms with Crippen molar-refractivity contribution in [1.82, 2.24) is 4.90 Å². The number of rotatable bonds is 2. The van der Waals surface area contributed by atoms with E-state index in [1.165, 1.54) is 16.8 Å². The molecule has 27 heavy (non-hydrogen) atoms. The SMILES string of the molecule is CC(C)(C)OC(=O)N1C[C@@H]2CN(c3ccc(-c4ccccc4)cc3)C[C@@H]2C1. The Hall–Kier alpha value is -2.49. The van der Waals surface area contributed by atoms with E-state index in [0.29, 0.717) is 11.8 Å². The van der Waals surface area contributed by atoms with Crippen molar-refractivity contribution in [2.75, 3.05) is 31.1 Å². The molecule has 2 atom stereocenters. The van der Waals surface area contributed by atoms with Gasteiger partial charge in [0, 0.05) is 43.7 Å². The van der Waals surface area contributed by atoms with Gasteiger partial charge in [0.15, 0.2) is 0 Å². The maximum atomic E-state index is 12.3. The third kappa shape index (κ3) is 3.95. The van der Waals surface area contributed by atoms with Crippen LogP contribution in [0.25, 0.3) is 11.1 Å². The molecule has 0 unspecified atom stereocenters. The van der Waals surface area contributed by atoms with Crippen LogP contribution in [0.3, 0.4) is 0 Å². The van der Waals surface area contributed by atoms with Crippen molar-refractivity contribution in [1.29, 1.82) is 0 Å². The molecule has 4 rings (SSSR count). The molecule has 0 spiro atoms. The lowest BCUT2D eigenvalue weighted by Crippen LogP contribution is -2.37. The topological polar surface area (TPSA) is 32.8 Å². The predicted molar refractivity (Wildman–Crippen MR) is 109 cm³/mol. The van der Waals surface area contributed by atoms with Crippen molar-refractivity contribution in [3.8, 4) is 11.1 Å². The number of amides is 1. The first-order valence-electron chi connectivity index (χ1n) is 9.77. The Morgan fingerprint density at radius 1 is 0.852 bits per heavy atom. The summed E-state index contributed by atoms with van der Waals surface area (Å²) in [7, 11) is 0. The van der Waals surface area contributed by atoms with Crippen molar-refractivity contribution in [3.05, 3.63) is 54.6 Å². The summed E-state index contributed by atoms with van der Waals surface area (Å²) in [5.41, 5.74) is 3.33. The number of hydrogen-bond donors (Lipinski definition) is 0. The third-order valence-electron chi connectivity index (χ3n) is 5.48. The summed E-state index contributed by atoms with van der Waals surface area (Å²) >= 11 is 0. The Balaban J connectivity index is 1.37. The number of carbonyl (C=O) groups excluding carboxylic acids is 1. The van der Waals surface area contributed by atoms with Gasteiger partial charge in [-0.1, -0.05) is 42.5 Å². The van der Waals surface area contributed by atoms with Crippen LogP contribution in [0.2, 0.25) is 0 Å².